The van der Waals surface area contributed by atoms with E-state index in [0.717, 1.165) is 6.20 Å². The molecule has 0 fully saturated rings. The van der Waals surface area contributed by atoms with E-state index < -0.39 is 12.4 Å². The van der Waals surface area contributed by atoms with Crippen LogP contribution < -0.4 is 0 Å². The van der Waals surface area contributed by atoms with E-state index in [0.29, 0.717) is 12.8 Å². The minimum Gasteiger partial charge on any atom is -0.466 e. The van der Waals surface area contributed by atoms with Crippen molar-refractivity contribution in [2.24, 2.45) is 0 Å². The fourth-order valence-corrected chi connectivity index (χ4v) is 2.34. The second-order valence-electron chi connectivity index (χ2n) is 3.08. The first-order valence-corrected chi connectivity index (χ1v) is 6.89. The number of aromatic nitrogens is 1. The molecule has 0 amide bonds. The number of hydrogen-bond donors (Lipinski definition) is 0. The molecule has 1 aromatic heterocycles. The SMILES string of the molecule is CCOC(=O)Cc1c(C(F)F)cnc(I)c1I. The van der Waals surface area contributed by atoms with Crippen molar-refractivity contribution in [3.8, 4) is 0 Å². The van der Waals surface area contributed by atoms with Crippen LogP contribution in [0.4, 0.5) is 8.78 Å². The molecule has 1 heterocycles. The number of halogens is 4. The van der Waals surface area contributed by atoms with E-state index in [-0.39, 0.29) is 18.6 Å². The largest absolute Gasteiger partial charge is 0.466 e. The zero-order chi connectivity index (χ0) is 13.0. The summed E-state index contributed by atoms with van der Waals surface area (Å²) in [6, 6.07) is 0. The Morgan fingerprint density at radius 3 is 2.71 bits per heavy atom. The number of carbonyl (C=O) groups excluding carboxylic acids is 1. The van der Waals surface area contributed by atoms with Crippen LogP contribution in [0.15, 0.2) is 6.20 Å². The first-order chi connectivity index (χ1) is 7.97. The molecule has 17 heavy (non-hydrogen) atoms. The third-order valence-electron chi connectivity index (χ3n) is 1.97. The lowest BCUT2D eigenvalue weighted by molar-refractivity contribution is -0.142. The molecule has 1 aromatic rings. The van der Waals surface area contributed by atoms with Gasteiger partial charge in [0.25, 0.3) is 6.43 Å². The van der Waals surface area contributed by atoms with Gasteiger partial charge < -0.3 is 4.74 Å². The normalized spacial score (nSPS) is 10.7. The molecule has 0 unspecified atom stereocenters. The van der Waals surface area contributed by atoms with E-state index in [2.05, 4.69) is 4.98 Å². The van der Waals surface area contributed by atoms with Crippen LogP contribution in [-0.4, -0.2) is 17.6 Å². The highest BCUT2D eigenvalue weighted by atomic mass is 127. The molecule has 0 saturated heterocycles. The van der Waals surface area contributed by atoms with Crippen molar-refractivity contribution >= 4 is 51.2 Å². The third-order valence-corrected chi connectivity index (χ3v) is 4.98. The van der Waals surface area contributed by atoms with Gasteiger partial charge in [0.05, 0.1) is 13.0 Å². The number of hydrogen-bond acceptors (Lipinski definition) is 3. The van der Waals surface area contributed by atoms with Gasteiger partial charge in [-0.15, -0.1) is 0 Å². The Balaban J connectivity index is 3.10. The molecular weight excluding hydrogens is 458 g/mol. The maximum Gasteiger partial charge on any atom is 0.310 e. The molecule has 0 bridgehead atoms. The molecule has 0 N–H and O–H groups in total. The van der Waals surface area contributed by atoms with Crippen molar-refractivity contribution < 1.29 is 18.3 Å². The number of nitrogens with zero attached hydrogens (tertiary/aromatic N) is 1. The molecule has 0 saturated carbocycles. The summed E-state index contributed by atoms with van der Waals surface area (Å²) in [7, 11) is 0. The van der Waals surface area contributed by atoms with Crippen LogP contribution in [0.1, 0.15) is 24.5 Å². The van der Waals surface area contributed by atoms with Crippen molar-refractivity contribution in [3.05, 3.63) is 24.6 Å². The van der Waals surface area contributed by atoms with Gasteiger partial charge in [0.15, 0.2) is 0 Å². The minimum atomic E-state index is -2.64. The first-order valence-electron chi connectivity index (χ1n) is 4.73. The third kappa shape index (κ3) is 3.97. The number of pyridine rings is 1. The van der Waals surface area contributed by atoms with Crippen molar-refractivity contribution in [1.82, 2.24) is 4.98 Å². The summed E-state index contributed by atoms with van der Waals surface area (Å²) in [5, 5.41) is 0. The van der Waals surface area contributed by atoms with Gasteiger partial charge in [-0.05, 0) is 57.7 Å². The summed E-state index contributed by atoms with van der Waals surface area (Å²) < 4.78 is 31.5. The fraction of sp³-hybridized carbons (Fsp3) is 0.400. The van der Waals surface area contributed by atoms with Crippen LogP contribution in [0.3, 0.4) is 0 Å². The standard InChI is InChI=1S/C10H9F2I2NO2/c1-2-17-7(16)3-5-6(9(11)12)4-15-10(14)8(5)13/h4,9H,2-3H2,1H3. The van der Waals surface area contributed by atoms with Gasteiger partial charge in [-0.3, -0.25) is 4.79 Å². The highest BCUT2D eigenvalue weighted by Gasteiger charge is 2.20. The van der Waals surface area contributed by atoms with Gasteiger partial charge >= 0.3 is 5.97 Å². The van der Waals surface area contributed by atoms with Gasteiger partial charge in [-0.25, -0.2) is 13.8 Å². The van der Waals surface area contributed by atoms with Crippen LogP contribution in [0.2, 0.25) is 0 Å². The van der Waals surface area contributed by atoms with Crippen molar-refractivity contribution in [3.63, 3.8) is 0 Å². The Hall–Kier alpha value is -0.0600. The fourth-order valence-electron chi connectivity index (χ4n) is 1.24. The summed E-state index contributed by atoms with van der Waals surface area (Å²) in [4.78, 5) is 15.2. The molecule has 0 atom stereocenters. The zero-order valence-electron chi connectivity index (χ0n) is 8.84. The molecule has 0 aromatic carbocycles. The molecule has 0 aliphatic carbocycles. The van der Waals surface area contributed by atoms with Gasteiger partial charge in [0.1, 0.15) is 3.70 Å². The molecule has 0 aliphatic heterocycles. The number of ether oxygens (including phenoxy) is 1. The van der Waals surface area contributed by atoms with E-state index >= 15 is 0 Å². The van der Waals surface area contributed by atoms with Crippen LogP contribution >= 0.6 is 45.2 Å². The van der Waals surface area contributed by atoms with E-state index in [1.165, 1.54) is 0 Å². The zero-order valence-corrected chi connectivity index (χ0v) is 13.2. The predicted octanol–water partition coefficient (Wildman–Crippen LogP) is 3.33. The number of rotatable bonds is 4. The van der Waals surface area contributed by atoms with Crippen LogP contribution in [0.5, 0.6) is 0 Å². The summed E-state index contributed by atoms with van der Waals surface area (Å²) in [6.45, 7) is 1.91. The molecule has 0 aliphatic rings. The predicted molar refractivity (Wildman–Crippen MR) is 75.0 cm³/mol. The monoisotopic (exact) mass is 467 g/mol. The Morgan fingerprint density at radius 2 is 2.18 bits per heavy atom. The number of carbonyl (C=O) groups is 1. The van der Waals surface area contributed by atoms with E-state index in [1.54, 1.807) is 6.92 Å². The summed E-state index contributed by atoms with van der Waals surface area (Å²) in [5.74, 6) is -0.505. The highest BCUT2D eigenvalue weighted by Crippen LogP contribution is 2.28. The lowest BCUT2D eigenvalue weighted by Gasteiger charge is -2.11. The quantitative estimate of drug-likeness (QED) is 0.388. The van der Waals surface area contributed by atoms with Crippen molar-refractivity contribution in [2.75, 3.05) is 6.61 Å². The van der Waals surface area contributed by atoms with Crippen LogP contribution in [0, 0.1) is 7.27 Å². The maximum atomic E-state index is 12.8. The molecule has 1 rings (SSSR count). The van der Waals surface area contributed by atoms with Gasteiger partial charge in [-0.2, -0.15) is 0 Å². The van der Waals surface area contributed by atoms with E-state index in [9.17, 15) is 13.6 Å². The second-order valence-corrected chi connectivity index (χ2v) is 5.18. The van der Waals surface area contributed by atoms with Crippen LogP contribution in [0.25, 0.3) is 0 Å². The molecule has 3 nitrogen and oxygen atoms in total. The average Bonchev–Trinajstić information content (AvgIpc) is 2.25. The maximum absolute atomic E-state index is 12.8. The van der Waals surface area contributed by atoms with Gasteiger partial charge in [0, 0.05) is 15.3 Å². The molecule has 0 radical (unpaired) electrons. The second kappa shape index (κ2) is 6.76. The smallest absolute Gasteiger partial charge is 0.310 e. The summed E-state index contributed by atoms with van der Waals surface area (Å²) >= 11 is 3.86. The summed E-state index contributed by atoms with van der Waals surface area (Å²) in [6.07, 6.45) is -1.68. The van der Waals surface area contributed by atoms with Gasteiger partial charge in [-0.1, -0.05) is 0 Å². The number of esters is 1. The molecule has 7 heteroatoms. The Labute approximate surface area is 125 Å². The Bertz CT molecular complexity index is 427. The van der Waals surface area contributed by atoms with E-state index in [4.69, 9.17) is 4.74 Å². The van der Waals surface area contributed by atoms with Crippen molar-refractivity contribution in [1.29, 1.82) is 0 Å². The Kier molecular flexibility index (Phi) is 5.97. The Morgan fingerprint density at radius 1 is 1.53 bits per heavy atom. The van der Waals surface area contributed by atoms with Gasteiger partial charge in [0.2, 0.25) is 0 Å². The molecule has 94 valence electrons. The molecule has 0 spiro atoms. The first kappa shape index (κ1) is 15.0. The van der Waals surface area contributed by atoms with Crippen LogP contribution in [-0.2, 0) is 16.0 Å². The lowest BCUT2D eigenvalue weighted by Crippen LogP contribution is -2.12. The van der Waals surface area contributed by atoms with E-state index in [1.807, 2.05) is 45.2 Å². The highest BCUT2D eigenvalue weighted by molar-refractivity contribution is 14.1. The topological polar surface area (TPSA) is 39.2 Å². The lowest BCUT2D eigenvalue weighted by atomic mass is 10.1. The summed E-state index contributed by atoms with van der Waals surface area (Å²) in [5.41, 5.74) is 0.0984. The minimum absolute atomic E-state index is 0.149. The average molecular weight is 467 g/mol. The molecular formula is C10H9F2I2NO2. The van der Waals surface area contributed by atoms with Crippen molar-refractivity contribution in [2.45, 2.75) is 19.8 Å². The number of alkyl halides is 2.